The third kappa shape index (κ3) is 4.48. The van der Waals surface area contributed by atoms with Gasteiger partial charge in [-0.15, -0.1) is 0 Å². The van der Waals surface area contributed by atoms with Gasteiger partial charge in [0.1, 0.15) is 18.2 Å². The number of carboxylic acids is 1. The minimum Gasteiger partial charge on any atom is -0.481 e. The third-order valence-electron chi connectivity index (χ3n) is 5.27. The van der Waals surface area contributed by atoms with Crippen LogP contribution in [0.1, 0.15) is 19.4 Å². The summed E-state index contributed by atoms with van der Waals surface area (Å²) in [6, 6.07) is 10.1. The zero-order valence-electron chi connectivity index (χ0n) is 18.6. The van der Waals surface area contributed by atoms with Gasteiger partial charge in [0.05, 0.1) is 23.6 Å². The third-order valence-corrected chi connectivity index (χ3v) is 5.27. The van der Waals surface area contributed by atoms with Crippen LogP contribution in [0, 0.1) is 18.2 Å². The number of rotatable bonds is 7. The van der Waals surface area contributed by atoms with Gasteiger partial charge in [0.25, 0.3) is 0 Å². The number of aryl methyl sites for hydroxylation is 1. The second-order valence-corrected chi connectivity index (χ2v) is 8.33. The van der Waals surface area contributed by atoms with E-state index in [9.17, 15) is 14.3 Å². The van der Waals surface area contributed by atoms with Crippen LogP contribution < -0.4 is 9.47 Å². The Balaban J connectivity index is 1.58. The summed E-state index contributed by atoms with van der Waals surface area (Å²) in [5.41, 5.74) is 2.46. The summed E-state index contributed by atoms with van der Waals surface area (Å²) < 4.78 is 25.7. The van der Waals surface area contributed by atoms with Crippen LogP contribution in [0.25, 0.3) is 33.7 Å². The van der Waals surface area contributed by atoms with Crippen molar-refractivity contribution in [1.29, 1.82) is 0 Å². The Labute approximate surface area is 189 Å². The Morgan fingerprint density at radius 1 is 1.15 bits per heavy atom. The van der Waals surface area contributed by atoms with Crippen molar-refractivity contribution in [2.24, 2.45) is 5.41 Å². The van der Waals surface area contributed by atoms with E-state index in [0.29, 0.717) is 45.4 Å². The Bertz CT molecular complexity index is 1350. The van der Waals surface area contributed by atoms with Gasteiger partial charge < -0.3 is 19.6 Å². The minimum atomic E-state index is -1.04. The maximum atomic E-state index is 15.0. The highest BCUT2D eigenvalue weighted by Gasteiger charge is 2.28. The molecule has 0 fully saturated rings. The lowest BCUT2D eigenvalue weighted by molar-refractivity contribution is -0.148. The van der Waals surface area contributed by atoms with Crippen molar-refractivity contribution in [1.82, 2.24) is 19.9 Å². The first-order chi connectivity index (χ1) is 15.7. The van der Waals surface area contributed by atoms with Gasteiger partial charge in [0.15, 0.2) is 5.65 Å². The molecule has 0 bridgehead atoms. The lowest BCUT2D eigenvalue weighted by atomic mass is 9.95. The lowest BCUT2D eigenvalue weighted by Crippen LogP contribution is -2.31. The smallest absolute Gasteiger partial charge is 0.312 e. The molecule has 33 heavy (non-hydrogen) atoms. The number of fused-ring (bicyclic) bond motifs is 1. The molecule has 0 radical (unpaired) electrons. The molecule has 2 N–H and O–H groups in total. The van der Waals surface area contributed by atoms with Crippen molar-refractivity contribution in [3.63, 3.8) is 0 Å². The Hall–Kier alpha value is -4.01. The van der Waals surface area contributed by atoms with Crippen LogP contribution in [-0.4, -0.2) is 44.7 Å². The summed E-state index contributed by atoms with van der Waals surface area (Å²) >= 11 is 0. The van der Waals surface area contributed by atoms with Crippen LogP contribution in [0.2, 0.25) is 0 Å². The maximum Gasteiger partial charge on any atom is 0.312 e. The van der Waals surface area contributed by atoms with Crippen LogP contribution in [0.15, 0.2) is 42.6 Å². The minimum absolute atomic E-state index is 0.0168. The fraction of sp³-hybridized carbons (Fsp3) is 0.250. The zero-order chi connectivity index (χ0) is 23.8. The molecule has 3 aromatic heterocycles. The van der Waals surface area contributed by atoms with E-state index < -0.39 is 17.2 Å². The number of carboxylic acid groups (broad SMARTS) is 1. The Morgan fingerprint density at radius 3 is 2.61 bits per heavy atom. The predicted molar refractivity (Wildman–Crippen MR) is 121 cm³/mol. The molecular formula is C24H23FN4O4. The zero-order valence-corrected chi connectivity index (χ0v) is 18.6. The average molecular weight is 450 g/mol. The van der Waals surface area contributed by atoms with Gasteiger partial charge >= 0.3 is 5.97 Å². The molecule has 0 aliphatic rings. The summed E-state index contributed by atoms with van der Waals surface area (Å²) in [7, 11) is 1.52. The van der Waals surface area contributed by atoms with Gasteiger partial charge in [-0.3, -0.25) is 4.79 Å². The molecule has 1 aromatic carbocycles. The summed E-state index contributed by atoms with van der Waals surface area (Å²) in [6.07, 6.45) is 1.57. The normalized spacial score (nSPS) is 11.5. The second-order valence-electron chi connectivity index (χ2n) is 8.33. The number of imidazole rings is 1. The quantitative estimate of drug-likeness (QED) is 0.422. The van der Waals surface area contributed by atoms with Crippen molar-refractivity contribution in [3.05, 3.63) is 54.0 Å². The number of methoxy groups -OCH3 is 1. The number of H-pyrrole nitrogens is 1. The molecule has 0 unspecified atom stereocenters. The van der Waals surface area contributed by atoms with Crippen LogP contribution in [0.4, 0.5) is 4.39 Å². The SMILES string of the molecule is COc1ccc2[nH]c(-c3ccc(-c4cnc(OCC(C)(C)C(=O)O)c(C)c4)cc3F)nc2n1. The Morgan fingerprint density at radius 2 is 1.94 bits per heavy atom. The van der Waals surface area contributed by atoms with Crippen molar-refractivity contribution >= 4 is 17.1 Å². The molecule has 3 heterocycles. The van der Waals surface area contributed by atoms with Gasteiger partial charge in [-0.2, -0.15) is 4.98 Å². The number of nitrogens with one attached hydrogen (secondary N) is 1. The molecule has 4 aromatic rings. The molecule has 0 aliphatic carbocycles. The standard InChI is InChI=1S/C24H23FN4O4/c1-13-9-15(11-26-22(13)33-12-24(2,3)23(30)31)14-5-6-16(17(25)10-14)20-27-18-7-8-19(32-4)28-21(18)29-20/h5-11H,12H2,1-4H3,(H,30,31)(H,27,28,29). The number of carbonyl (C=O) groups is 1. The Kier molecular flexibility index (Phi) is 5.71. The molecule has 4 rings (SSSR count). The number of ether oxygens (including phenoxy) is 2. The highest BCUT2D eigenvalue weighted by molar-refractivity contribution is 5.77. The van der Waals surface area contributed by atoms with Gasteiger partial charge in [0.2, 0.25) is 11.8 Å². The number of aromatic nitrogens is 4. The van der Waals surface area contributed by atoms with Gasteiger partial charge in [-0.05, 0) is 50.6 Å². The summed E-state index contributed by atoms with van der Waals surface area (Å²) in [6.45, 7) is 4.95. The largest absolute Gasteiger partial charge is 0.481 e. The first kappa shape index (κ1) is 22.2. The molecule has 0 atom stereocenters. The molecule has 0 saturated carbocycles. The number of aromatic amines is 1. The van der Waals surface area contributed by atoms with Crippen LogP contribution >= 0.6 is 0 Å². The monoisotopic (exact) mass is 450 g/mol. The van der Waals surface area contributed by atoms with Crippen molar-refractivity contribution < 1.29 is 23.8 Å². The number of hydrogen-bond acceptors (Lipinski definition) is 6. The van der Waals surface area contributed by atoms with E-state index in [-0.39, 0.29) is 6.61 Å². The summed E-state index contributed by atoms with van der Waals surface area (Å²) in [5, 5.41) is 9.23. The topological polar surface area (TPSA) is 110 Å². The van der Waals surface area contributed by atoms with E-state index >= 15 is 0 Å². The molecular weight excluding hydrogens is 427 g/mol. The van der Waals surface area contributed by atoms with E-state index in [0.717, 1.165) is 5.56 Å². The van der Waals surface area contributed by atoms with Crippen LogP contribution in [0.3, 0.4) is 0 Å². The predicted octanol–water partition coefficient (Wildman–Crippen LogP) is 4.63. The molecule has 0 amide bonds. The summed E-state index contributed by atoms with van der Waals surface area (Å²) in [4.78, 5) is 27.3. The first-order valence-corrected chi connectivity index (χ1v) is 10.2. The van der Waals surface area contributed by atoms with E-state index in [1.165, 1.54) is 13.2 Å². The number of halogens is 1. The van der Waals surface area contributed by atoms with E-state index in [4.69, 9.17) is 9.47 Å². The molecule has 8 nitrogen and oxygen atoms in total. The first-order valence-electron chi connectivity index (χ1n) is 10.2. The lowest BCUT2D eigenvalue weighted by Gasteiger charge is -2.19. The fourth-order valence-corrected chi connectivity index (χ4v) is 3.18. The molecule has 0 spiro atoms. The van der Waals surface area contributed by atoms with E-state index in [1.54, 1.807) is 51.2 Å². The highest BCUT2D eigenvalue weighted by Crippen LogP contribution is 2.30. The molecule has 0 aliphatic heterocycles. The van der Waals surface area contributed by atoms with Crippen LogP contribution in [-0.2, 0) is 4.79 Å². The van der Waals surface area contributed by atoms with E-state index in [2.05, 4.69) is 19.9 Å². The van der Waals surface area contributed by atoms with Crippen LogP contribution in [0.5, 0.6) is 11.8 Å². The van der Waals surface area contributed by atoms with Gasteiger partial charge in [0, 0.05) is 23.4 Å². The van der Waals surface area contributed by atoms with Crippen molar-refractivity contribution in [2.75, 3.05) is 13.7 Å². The average Bonchev–Trinajstić information content (AvgIpc) is 3.20. The maximum absolute atomic E-state index is 15.0. The van der Waals surface area contributed by atoms with E-state index in [1.807, 2.05) is 6.07 Å². The number of pyridine rings is 2. The van der Waals surface area contributed by atoms with Crippen molar-refractivity contribution in [3.8, 4) is 34.3 Å². The molecule has 170 valence electrons. The van der Waals surface area contributed by atoms with Crippen molar-refractivity contribution in [2.45, 2.75) is 20.8 Å². The number of hydrogen-bond donors (Lipinski definition) is 2. The van der Waals surface area contributed by atoms with Gasteiger partial charge in [-0.25, -0.2) is 14.4 Å². The summed E-state index contributed by atoms with van der Waals surface area (Å²) in [5.74, 6) is -0.256. The fourth-order valence-electron chi connectivity index (χ4n) is 3.18. The number of benzene rings is 1. The number of nitrogens with zero attached hydrogens (tertiary/aromatic N) is 3. The highest BCUT2D eigenvalue weighted by atomic mass is 19.1. The molecule has 0 saturated heterocycles. The van der Waals surface area contributed by atoms with Gasteiger partial charge in [-0.1, -0.05) is 6.07 Å². The second kappa shape index (κ2) is 8.50. The molecule has 9 heteroatoms. The number of aliphatic carboxylic acids is 1.